The van der Waals surface area contributed by atoms with E-state index in [1.165, 1.54) is 6.92 Å². The summed E-state index contributed by atoms with van der Waals surface area (Å²) >= 11 is 0. The van der Waals surface area contributed by atoms with Crippen LogP contribution in [-0.2, 0) is 0 Å². The highest BCUT2D eigenvalue weighted by atomic mass is 16.5. The minimum atomic E-state index is -0.499. The number of β-amino-alcohol motifs (C(OH)–C–C–N with tert-alkyl or cyclic N) is 1. The lowest BCUT2D eigenvalue weighted by Gasteiger charge is -2.24. The van der Waals surface area contributed by atoms with Crippen molar-refractivity contribution in [3.05, 3.63) is 29.8 Å². The Morgan fingerprint density at radius 3 is 2.73 bits per heavy atom. The Labute approximate surface area is 132 Å². The van der Waals surface area contributed by atoms with Crippen molar-refractivity contribution in [2.45, 2.75) is 26.9 Å². The average molecular weight is 303 g/mol. The highest BCUT2D eigenvalue weighted by Gasteiger charge is 2.61. The number of carbonyl (C=O) groups excluding carboxylic acids is 1. The van der Waals surface area contributed by atoms with Gasteiger partial charge in [0.2, 0.25) is 0 Å². The summed E-state index contributed by atoms with van der Waals surface area (Å²) in [6.45, 7) is 9.31. The Bertz CT molecular complexity index is 555. The molecule has 0 bridgehead atoms. The zero-order chi connectivity index (χ0) is 15.9. The zero-order valence-electron chi connectivity index (χ0n) is 13.6. The van der Waals surface area contributed by atoms with Gasteiger partial charge in [-0.1, -0.05) is 26.0 Å². The lowest BCUT2D eigenvalue weighted by Crippen LogP contribution is -2.36. The topological polar surface area (TPSA) is 49.8 Å². The average Bonchev–Trinajstić information content (AvgIpc) is 2.84. The standard InChI is InChI=1S/C18H25NO3/c1-12(20)13-5-4-6-15(7-13)22-11-14(21)8-19-9-16-17(10-19)18(16,2)3/h4-7,14,16-17,21H,8-11H2,1-3H3. The molecule has 1 aromatic carbocycles. The Kier molecular flexibility index (Phi) is 4.00. The fraction of sp³-hybridized carbons (Fsp3) is 0.611. The SMILES string of the molecule is CC(=O)c1cccc(OCC(O)CN2CC3C(C2)C3(C)C)c1. The molecule has 3 unspecified atom stereocenters. The number of hydrogen-bond donors (Lipinski definition) is 1. The fourth-order valence-corrected chi connectivity index (χ4v) is 3.71. The summed E-state index contributed by atoms with van der Waals surface area (Å²) in [6.07, 6.45) is -0.499. The third-order valence-electron chi connectivity index (χ3n) is 5.35. The van der Waals surface area contributed by atoms with E-state index in [4.69, 9.17) is 4.74 Å². The third kappa shape index (κ3) is 3.03. The van der Waals surface area contributed by atoms with E-state index in [0.717, 1.165) is 24.9 Å². The number of carbonyl (C=O) groups is 1. The van der Waals surface area contributed by atoms with Crippen LogP contribution in [0.2, 0.25) is 0 Å². The number of ether oxygens (including phenoxy) is 1. The molecule has 1 heterocycles. The second kappa shape index (κ2) is 5.67. The van der Waals surface area contributed by atoms with Crippen molar-refractivity contribution in [1.82, 2.24) is 4.90 Å². The van der Waals surface area contributed by atoms with Gasteiger partial charge in [0.1, 0.15) is 18.5 Å². The van der Waals surface area contributed by atoms with Crippen LogP contribution in [0.15, 0.2) is 24.3 Å². The predicted octanol–water partition coefficient (Wildman–Crippen LogP) is 2.22. The molecule has 1 saturated heterocycles. The summed E-state index contributed by atoms with van der Waals surface area (Å²) < 4.78 is 5.62. The Hall–Kier alpha value is -1.39. The summed E-state index contributed by atoms with van der Waals surface area (Å²) in [5.41, 5.74) is 1.14. The van der Waals surface area contributed by atoms with Crippen molar-refractivity contribution in [3.63, 3.8) is 0 Å². The van der Waals surface area contributed by atoms with Crippen LogP contribution >= 0.6 is 0 Å². The molecule has 1 aromatic rings. The van der Waals surface area contributed by atoms with E-state index in [2.05, 4.69) is 18.7 Å². The van der Waals surface area contributed by atoms with Crippen molar-refractivity contribution in [2.75, 3.05) is 26.2 Å². The molecule has 0 amide bonds. The lowest BCUT2D eigenvalue weighted by molar-refractivity contribution is 0.0686. The van der Waals surface area contributed by atoms with Gasteiger partial charge in [-0.3, -0.25) is 4.79 Å². The van der Waals surface area contributed by atoms with Gasteiger partial charge in [0.25, 0.3) is 0 Å². The molecule has 4 heteroatoms. The first-order chi connectivity index (χ1) is 10.4. The Morgan fingerprint density at radius 1 is 1.41 bits per heavy atom. The van der Waals surface area contributed by atoms with Gasteiger partial charge in [-0.25, -0.2) is 0 Å². The molecule has 4 nitrogen and oxygen atoms in total. The summed E-state index contributed by atoms with van der Waals surface area (Å²) in [6, 6.07) is 7.10. The molecule has 0 radical (unpaired) electrons. The van der Waals surface area contributed by atoms with Crippen LogP contribution < -0.4 is 4.74 Å². The van der Waals surface area contributed by atoms with Crippen molar-refractivity contribution in [2.24, 2.45) is 17.3 Å². The molecule has 0 aromatic heterocycles. The van der Waals surface area contributed by atoms with Gasteiger partial charge in [0.15, 0.2) is 5.78 Å². The number of ketones is 1. The second-order valence-electron chi connectivity index (χ2n) is 7.30. The van der Waals surface area contributed by atoms with Crippen LogP contribution in [0.5, 0.6) is 5.75 Å². The molecule has 1 N–H and O–H groups in total. The number of aliphatic hydroxyl groups is 1. The van der Waals surface area contributed by atoms with E-state index in [9.17, 15) is 9.90 Å². The van der Waals surface area contributed by atoms with E-state index in [1.54, 1.807) is 18.2 Å². The fourth-order valence-electron chi connectivity index (χ4n) is 3.71. The van der Waals surface area contributed by atoms with Crippen LogP contribution in [0.1, 0.15) is 31.1 Å². The molecular formula is C18H25NO3. The molecule has 120 valence electrons. The van der Waals surface area contributed by atoms with Gasteiger partial charge in [-0.2, -0.15) is 0 Å². The maximum atomic E-state index is 11.3. The molecule has 1 aliphatic heterocycles. The first-order valence-electron chi connectivity index (χ1n) is 8.02. The molecule has 1 aliphatic carbocycles. The number of likely N-dealkylation sites (tertiary alicyclic amines) is 1. The number of benzene rings is 1. The molecule has 2 aliphatic rings. The van der Waals surface area contributed by atoms with Crippen LogP contribution in [-0.4, -0.2) is 48.1 Å². The monoisotopic (exact) mass is 303 g/mol. The first-order valence-corrected chi connectivity index (χ1v) is 8.02. The molecule has 0 spiro atoms. The quantitative estimate of drug-likeness (QED) is 0.819. The van der Waals surface area contributed by atoms with E-state index in [-0.39, 0.29) is 12.4 Å². The van der Waals surface area contributed by atoms with Gasteiger partial charge >= 0.3 is 0 Å². The molecule has 1 saturated carbocycles. The number of Topliss-reactive ketones (excluding diaryl/α,β-unsaturated/α-hetero) is 1. The molecule has 3 rings (SSSR count). The zero-order valence-corrected chi connectivity index (χ0v) is 13.6. The third-order valence-corrected chi connectivity index (χ3v) is 5.35. The maximum absolute atomic E-state index is 11.3. The highest BCUT2D eigenvalue weighted by Crippen LogP contribution is 2.61. The van der Waals surface area contributed by atoms with Crippen LogP contribution in [0.25, 0.3) is 0 Å². The number of hydrogen-bond acceptors (Lipinski definition) is 4. The van der Waals surface area contributed by atoms with E-state index >= 15 is 0 Å². The smallest absolute Gasteiger partial charge is 0.159 e. The van der Waals surface area contributed by atoms with Gasteiger partial charge < -0.3 is 14.7 Å². The predicted molar refractivity (Wildman–Crippen MR) is 85.1 cm³/mol. The second-order valence-corrected chi connectivity index (χ2v) is 7.30. The van der Waals surface area contributed by atoms with Gasteiger partial charge in [0.05, 0.1) is 0 Å². The van der Waals surface area contributed by atoms with Gasteiger partial charge in [-0.15, -0.1) is 0 Å². The van der Waals surface area contributed by atoms with Crippen LogP contribution in [0.4, 0.5) is 0 Å². The number of piperidine rings is 1. The molecular weight excluding hydrogens is 278 g/mol. The number of rotatable bonds is 6. The number of fused-ring (bicyclic) bond motifs is 1. The molecule has 3 atom stereocenters. The minimum absolute atomic E-state index is 0.0184. The van der Waals surface area contributed by atoms with Crippen molar-refractivity contribution >= 4 is 5.78 Å². The Morgan fingerprint density at radius 2 is 2.09 bits per heavy atom. The van der Waals surface area contributed by atoms with Gasteiger partial charge in [-0.05, 0) is 36.3 Å². The molecule has 2 fully saturated rings. The van der Waals surface area contributed by atoms with Crippen LogP contribution in [0, 0.1) is 17.3 Å². The van der Waals surface area contributed by atoms with Crippen molar-refractivity contribution in [1.29, 1.82) is 0 Å². The van der Waals surface area contributed by atoms with Crippen LogP contribution in [0.3, 0.4) is 0 Å². The maximum Gasteiger partial charge on any atom is 0.159 e. The van der Waals surface area contributed by atoms with Crippen molar-refractivity contribution < 1.29 is 14.6 Å². The van der Waals surface area contributed by atoms with E-state index in [0.29, 0.717) is 23.3 Å². The van der Waals surface area contributed by atoms with Crippen molar-refractivity contribution in [3.8, 4) is 5.75 Å². The highest BCUT2D eigenvalue weighted by molar-refractivity contribution is 5.94. The minimum Gasteiger partial charge on any atom is -0.491 e. The normalized spacial score (nSPS) is 27.3. The lowest BCUT2D eigenvalue weighted by atomic mass is 10.1. The van der Waals surface area contributed by atoms with E-state index < -0.39 is 6.10 Å². The first kappa shape index (κ1) is 15.5. The Balaban J connectivity index is 1.44. The number of aliphatic hydroxyl groups excluding tert-OH is 1. The van der Waals surface area contributed by atoms with Gasteiger partial charge in [0, 0.05) is 25.2 Å². The summed E-state index contributed by atoms with van der Waals surface area (Å²) in [4.78, 5) is 13.7. The summed E-state index contributed by atoms with van der Waals surface area (Å²) in [7, 11) is 0. The largest absolute Gasteiger partial charge is 0.491 e. The number of nitrogens with zero attached hydrogens (tertiary/aromatic N) is 1. The summed E-state index contributed by atoms with van der Waals surface area (Å²) in [5, 5.41) is 10.1. The van der Waals surface area contributed by atoms with E-state index in [1.807, 2.05) is 6.07 Å². The molecule has 22 heavy (non-hydrogen) atoms. The summed E-state index contributed by atoms with van der Waals surface area (Å²) in [5.74, 6) is 2.25.